The maximum absolute atomic E-state index is 2.44. The molecule has 0 spiro atoms. The van der Waals surface area contributed by atoms with Gasteiger partial charge in [-0.1, -0.05) is 43.6 Å². The quantitative estimate of drug-likeness (QED) is 0.480. The van der Waals surface area contributed by atoms with Crippen molar-refractivity contribution in [2.24, 2.45) is 0 Å². The smallest absolute Gasteiger partial charge is 0.0169 e. The molecule has 1 radical (unpaired) electrons. The topological polar surface area (TPSA) is 0 Å². The third-order valence-electron chi connectivity index (χ3n) is 2.42. The van der Waals surface area contributed by atoms with Crippen LogP contribution in [0.5, 0.6) is 0 Å². The Hall–Kier alpha value is -0.520. The van der Waals surface area contributed by atoms with Gasteiger partial charge in [0.15, 0.2) is 0 Å². The minimum atomic E-state index is 1.12. The summed E-state index contributed by atoms with van der Waals surface area (Å²) in [6.07, 6.45) is 22.0. The first-order valence-corrected chi connectivity index (χ1v) is 5.62. The van der Waals surface area contributed by atoms with Crippen molar-refractivity contribution in [3.63, 3.8) is 0 Å². The molecule has 0 saturated carbocycles. The van der Waals surface area contributed by atoms with Gasteiger partial charge >= 0.3 is 0 Å². The van der Waals surface area contributed by atoms with Gasteiger partial charge in [-0.25, -0.2) is 0 Å². The van der Waals surface area contributed by atoms with E-state index >= 15 is 0 Å². The Morgan fingerprint density at radius 3 is 2.23 bits per heavy atom. The highest BCUT2D eigenvalue weighted by atomic mass is 14.0. The van der Waals surface area contributed by atoms with Gasteiger partial charge in [0.1, 0.15) is 0 Å². The summed E-state index contributed by atoms with van der Waals surface area (Å²) in [7, 11) is 0. The zero-order chi connectivity index (χ0) is 9.19. The summed E-state index contributed by atoms with van der Waals surface area (Å²) in [5.74, 6) is 0. The molecule has 1 aliphatic carbocycles. The fourth-order valence-corrected chi connectivity index (χ4v) is 1.59. The maximum atomic E-state index is 2.44. The molecular weight excluding hydrogens is 156 g/mol. The highest BCUT2D eigenvalue weighted by molar-refractivity contribution is 4.93. The third kappa shape index (κ3) is 6.62. The summed E-state index contributed by atoms with van der Waals surface area (Å²) in [4.78, 5) is 0. The summed E-state index contributed by atoms with van der Waals surface area (Å²) in [6.45, 7) is 0. The first-order valence-electron chi connectivity index (χ1n) is 5.62. The van der Waals surface area contributed by atoms with E-state index in [2.05, 4.69) is 30.7 Å². The highest BCUT2D eigenvalue weighted by Gasteiger charge is 1.90. The monoisotopic (exact) mass is 177 g/mol. The second-order valence-corrected chi connectivity index (χ2v) is 3.68. The van der Waals surface area contributed by atoms with E-state index in [0.29, 0.717) is 0 Å². The lowest BCUT2D eigenvalue weighted by atomic mass is 10.1. The molecule has 0 aliphatic heterocycles. The summed E-state index contributed by atoms with van der Waals surface area (Å²) in [6, 6.07) is 0. The van der Waals surface area contributed by atoms with Gasteiger partial charge < -0.3 is 0 Å². The second-order valence-electron chi connectivity index (χ2n) is 3.68. The van der Waals surface area contributed by atoms with Crippen molar-refractivity contribution in [3.8, 4) is 0 Å². The van der Waals surface area contributed by atoms with Gasteiger partial charge in [0.2, 0.25) is 0 Å². The summed E-state index contributed by atoms with van der Waals surface area (Å²) >= 11 is 0. The van der Waals surface area contributed by atoms with Gasteiger partial charge in [-0.2, -0.15) is 0 Å². The van der Waals surface area contributed by atoms with Crippen molar-refractivity contribution in [2.75, 3.05) is 0 Å². The molecule has 0 atom stereocenters. The average Bonchev–Trinajstić information content (AvgIpc) is 2.18. The fraction of sp³-hybridized carbons (Fsp3) is 0.615. The molecule has 0 unspecified atom stereocenters. The lowest BCUT2D eigenvalue weighted by Crippen LogP contribution is -1.79. The molecule has 0 bridgehead atoms. The van der Waals surface area contributed by atoms with E-state index in [1.54, 1.807) is 0 Å². The molecule has 0 amide bonds. The lowest BCUT2D eigenvalue weighted by Gasteiger charge is -1.98. The second kappa shape index (κ2) is 8.10. The number of allylic oxidation sites excluding steroid dienone is 4. The first-order chi connectivity index (χ1) is 6.50. The van der Waals surface area contributed by atoms with Crippen molar-refractivity contribution >= 4 is 0 Å². The van der Waals surface area contributed by atoms with Gasteiger partial charge in [0.05, 0.1) is 0 Å². The molecule has 0 aromatic carbocycles. The van der Waals surface area contributed by atoms with E-state index in [1.165, 1.54) is 44.9 Å². The van der Waals surface area contributed by atoms with Crippen molar-refractivity contribution in [1.82, 2.24) is 0 Å². The van der Waals surface area contributed by atoms with Crippen LogP contribution in [0.25, 0.3) is 0 Å². The predicted octanol–water partition coefficient (Wildman–Crippen LogP) is 4.44. The number of hydrogen-bond acceptors (Lipinski definition) is 0. The minimum absolute atomic E-state index is 1.12. The molecule has 13 heavy (non-hydrogen) atoms. The third-order valence-corrected chi connectivity index (χ3v) is 2.42. The van der Waals surface area contributed by atoms with Gasteiger partial charge in [0.25, 0.3) is 0 Å². The Kier molecular flexibility index (Phi) is 6.58. The van der Waals surface area contributed by atoms with Crippen LogP contribution in [0, 0.1) is 6.42 Å². The van der Waals surface area contributed by atoms with E-state index < -0.39 is 0 Å². The highest BCUT2D eigenvalue weighted by Crippen LogP contribution is 2.09. The lowest BCUT2D eigenvalue weighted by molar-refractivity contribution is 0.668. The van der Waals surface area contributed by atoms with Crippen LogP contribution in [0.4, 0.5) is 0 Å². The number of rotatable bonds is 0. The SMILES string of the molecule is [CH]1CC/C=C/C/C=C\CCCCC1. The van der Waals surface area contributed by atoms with Crippen LogP contribution >= 0.6 is 0 Å². The molecule has 0 N–H and O–H groups in total. The molecule has 0 aromatic heterocycles. The molecule has 73 valence electrons. The molecule has 0 heterocycles. The Morgan fingerprint density at radius 1 is 0.538 bits per heavy atom. The fourth-order valence-electron chi connectivity index (χ4n) is 1.59. The predicted molar refractivity (Wildman–Crippen MR) is 59.5 cm³/mol. The Bertz CT molecular complexity index is 135. The van der Waals surface area contributed by atoms with Crippen molar-refractivity contribution < 1.29 is 0 Å². The molecule has 1 aliphatic rings. The van der Waals surface area contributed by atoms with Gasteiger partial charge in [-0.3, -0.25) is 0 Å². The van der Waals surface area contributed by atoms with Crippen molar-refractivity contribution in [3.05, 3.63) is 30.7 Å². The van der Waals surface area contributed by atoms with Crippen molar-refractivity contribution in [2.45, 2.75) is 51.4 Å². The van der Waals surface area contributed by atoms with Gasteiger partial charge in [0, 0.05) is 0 Å². The molecule has 0 saturated heterocycles. The maximum Gasteiger partial charge on any atom is -0.0169 e. The van der Waals surface area contributed by atoms with Gasteiger partial charge in [-0.15, -0.1) is 0 Å². The summed E-state index contributed by atoms with van der Waals surface area (Å²) < 4.78 is 0. The molecule has 0 aromatic rings. The van der Waals surface area contributed by atoms with Crippen LogP contribution < -0.4 is 0 Å². The van der Waals surface area contributed by atoms with Crippen LogP contribution in [0.1, 0.15) is 51.4 Å². The van der Waals surface area contributed by atoms with E-state index in [1.807, 2.05) is 0 Å². The zero-order valence-electron chi connectivity index (χ0n) is 8.54. The largest absolute Gasteiger partial charge is 0.0882 e. The Morgan fingerprint density at radius 2 is 1.31 bits per heavy atom. The Balaban J connectivity index is 2.18. The molecule has 0 heteroatoms. The molecular formula is C13H21. The van der Waals surface area contributed by atoms with E-state index in [4.69, 9.17) is 0 Å². The van der Waals surface area contributed by atoms with Crippen LogP contribution in [0.3, 0.4) is 0 Å². The average molecular weight is 177 g/mol. The van der Waals surface area contributed by atoms with Crippen LogP contribution in [-0.2, 0) is 0 Å². The summed E-state index contributed by atoms with van der Waals surface area (Å²) in [5, 5.41) is 0. The van der Waals surface area contributed by atoms with Crippen LogP contribution in [-0.4, -0.2) is 0 Å². The molecule has 0 nitrogen and oxygen atoms in total. The zero-order valence-corrected chi connectivity index (χ0v) is 8.54. The first kappa shape index (κ1) is 10.6. The van der Waals surface area contributed by atoms with Crippen molar-refractivity contribution in [1.29, 1.82) is 0 Å². The van der Waals surface area contributed by atoms with E-state index in [0.717, 1.165) is 6.42 Å². The van der Waals surface area contributed by atoms with Crippen LogP contribution in [0.2, 0.25) is 0 Å². The minimum Gasteiger partial charge on any atom is -0.0882 e. The normalized spacial score (nSPS) is 26.5. The van der Waals surface area contributed by atoms with Gasteiger partial charge in [-0.05, 0) is 38.5 Å². The summed E-state index contributed by atoms with van der Waals surface area (Å²) in [5.41, 5.74) is 0. The molecule has 0 fully saturated rings. The van der Waals surface area contributed by atoms with E-state index in [-0.39, 0.29) is 0 Å². The van der Waals surface area contributed by atoms with Crippen LogP contribution in [0.15, 0.2) is 24.3 Å². The Labute approximate surface area is 82.7 Å². The number of hydrogen-bond donors (Lipinski definition) is 0. The molecule has 1 rings (SSSR count). The van der Waals surface area contributed by atoms with E-state index in [9.17, 15) is 0 Å². The standard InChI is InChI=1S/C13H21/c1-2-4-6-8-10-12-13-11-9-7-5-3-1/h1-2,5,7-8H,3-4,6,9-13H2/b2-1+,7-5-.